The molecule has 0 saturated carbocycles. The highest BCUT2D eigenvalue weighted by Gasteiger charge is 2.33. The van der Waals surface area contributed by atoms with Crippen molar-refractivity contribution in [2.24, 2.45) is 0 Å². The average molecular weight is 636 g/mol. The van der Waals surface area contributed by atoms with Gasteiger partial charge in [0.15, 0.2) is 35.3 Å². The quantitative estimate of drug-likeness (QED) is 0.149. The SMILES string of the molecule is CCCCCCCCOc1c(C[N+]2=C(C(C)c3ccc(C(C)(C)C)cc3)c3cc(OC)c(OC)cc3CC2)cccc1OC.[Cl-]. The number of hydrogen-bond donors (Lipinski definition) is 0. The van der Waals surface area contributed by atoms with E-state index in [1.54, 1.807) is 21.3 Å². The molecule has 5 nitrogen and oxygen atoms in total. The number of para-hydroxylation sites is 1. The predicted octanol–water partition coefficient (Wildman–Crippen LogP) is 6.11. The first-order valence-electron chi connectivity index (χ1n) is 16.5. The van der Waals surface area contributed by atoms with E-state index in [4.69, 9.17) is 18.9 Å². The van der Waals surface area contributed by atoms with Gasteiger partial charge in [-0.15, -0.1) is 0 Å². The molecular formula is C39H54ClNO4. The number of benzene rings is 3. The molecule has 0 amide bonds. The van der Waals surface area contributed by atoms with E-state index in [1.165, 1.54) is 60.1 Å². The van der Waals surface area contributed by atoms with Crippen LogP contribution in [0.25, 0.3) is 0 Å². The molecule has 1 heterocycles. The van der Waals surface area contributed by atoms with Gasteiger partial charge in [-0.1, -0.05) is 90.1 Å². The number of ether oxygens (including phenoxy) is 4. The van der Waals surface area contributed by atoms with Crippen LogP contribution in [0.5, 0.6) is 23.0 Å². The van der Waals surface area contributed by atoms with Crippen molar-refractivity contribution in [3.8, 4) is 23.0 Å². The molecule has 0 saturated heterocycles. The second-order valence-electron chi connectivity index (χ2n) is 13.1. The van der Waals surface area contributed by atoms with Crippen molar-refractivity contribution in [2.75, 3.05) is 34.5 Å². The Morgan fingerprint density at radius 3 is 2.09 bits per heavy atom. The maximum absolute atomic E-state index is 6.47. The average Bonchev–Trinajstić information content (AvgIpc) is 3.03. The third kappa shape index (κ3) is 8.97. The fourth-order valence-electron chi connectivity index (χ4n) is 6.29. The van der Waals surface area contributed by atoms with Gasteiger partial charge in [-0.25, -0.2) is 4.58 Å². The summed E-state index contributed by atoms with van der Waals surface area (Å²) in [4.78, 5) is 0. The van der Waals surface area contributed by atoms with Gasteiger partial charge in [0.05, 0.1) is 39.4 Å². The van der Waals surface area contributed by atoms with Crippen LogP contribution in [0.15, 0.2) is 54.6 Å². The van der Waals surface area contributed by atoms with Crippen molar-refractivity contribution in [1.29, 1.82) is 0 Å². The molecule has 0 spiro atoms. The zero-order valence-corrected chi connectivity index (χ0v) is 29.6. The molecule has 45 heavy (non-hydrogen) atoms. The second kappa shape index (κ2) is 16.9. The van der Waals surface area contributed by atoms with Crippen molar-refractivity contribution in [1.82, 2.24) is 0 Å². The topological polar surface area (TPSA) is 39.9 Å². The Kier molecular flexibility index (Phi) is 13.7. The van der Waals surface area contributed by atoms with Crippen LogP contribution in [0, 0.1) is 0 Å². The van der Waals surface area contributed by atoms with Gasteiger partial charge in [-0.2, -0.15) is 0 Å². The zero-order valence-electron chi connectivity index (χ0n) is 28.8. The summed E-state index contributed by atoms with van der Waals surface area (Å²) >= 11 is 0. The Balaban J connectivity index is 0.00000552. The molecule has 0 bridgehead atoms. The first-order valence-corrected chi connectivity index (χ1v) is 16.5. The summed E-state index contributed by atoms with van der Waals surface area (Å²) in [5.74, 6) is 3.36. The normalized spacial score (nSPS) is 13.5. The van der Waals surface area contributed by atoms with Crippen LogP contribution in [0.1, 0.15) is 107 Å². The largest absolute Gasteiger partial charge is 1.00 e. The highest BCUT2D eigenvalue weighted by atomic mass is 35.5. The maximum Gasteiger partial charge on any atom is 0.191 e. The van der Waals surface area contributed by atoms with E-state index in [-0.39, 0.29) is 23.7 Å². The molecule has 0 radical (unpaired) electrons. The number of halogens is 1. The third-order valence-corrected chi connectivity index (χ3v) is 8.95. The summed E-state index contributed by atoms with van der Waals surface area (Å²) in [6, 6.07) is 19.7. The van der Waals surface area contributed by atoms with Crippen molar-refractivity contribution in [3.05, 3.63) is 82.4 Å². The Morgan fingerprint density at radius 2 is 1.44 bits per heavy atom. The smallest absolute Gasteiger partial charge is 0.191 e. The molecule has 0 aliphatic carbocycles. The molecule has 0 fully saturated rings. The van der Waals surface area contributed by atoms with Crippen LogP contribution >= 0.6 is 0 Å². The minimum absolute atomic E-state index is 0. The van der Waals surface area contributed by atoms with Crippen LogP contribution in [0.3, 0.4) is 0 Å². The highest BCUT2D eigenvalue weighted by molar-refractivity contribution is 6.03. The van der Waals surface area contributed by atoms with Gasteiger partial charge >= 0.3 is 0 Å². The van der Waals surface area contributed by atoms with E-state index < -0.39 is 0 Å². The van der Waals surface area contributed by atoms with E-state index in [9.17, 15) is 0 Å². The molecular weight excluding hydrogens is 582 g/mol. The Morgan fingerprint density at radius 1 is 0.800 bits per heavy atom. The molecule has 1 unspecified atom stereocenters. The fraction of sp³-hybridized carbons (Fsp3) is 0.513. The van der Waals surface area contributed by atoms with Crippen molar-refractivity contribution < 1.29 is 35.9 Å². The number of nitrogens with zero attached hydrogens (tertiary/aromatic N) is 1. The number of rotatable bonds is 15. The lowest BCUT2D eigenvalue weighted by atomic mass is 9.83. The van der Waals surface area contributed by atoms with Crippen molar-refractivity contribution >= 4 is 5.71 Å². The first-order chi connectivity index (χ1) is 21.2. The van der Waals surface area contributed by atoms with Gasteiger partial charge in [0.1, 0.15) is 6.54 Å². The van der Waals surface area contributed by atoms with Gasteiger partial charge in [0.25, 0.3) is 0 Å². The Labute approximate surface area is 278 Å². The minimum atomic E-state index is 0. The molecule has 246 valence electrons. The second-order valence-corrected chi connectivity index (χ2v) is 13.1. The lowest BCUT2D eigenvalue weighted by molar-refractivity contribution is -0.546. The summed E-state index contributed by atoms with van der Waals surface area (Å²) in [5.41, 5.74) is 7.70. The van der Waals surface area contributed by atoms with Gasteiger partial charge in [0, 0.05) is 12.0 Å². The molecule has 6 heteroatoms. The van der Waals surface area contributed by atoms with E-state index in [0.29, 0.717) is 6.61 Å². The van der Waals surface area contributed by atoms with Crippen LogP contribution < -0.4 is 31.4 Å². The molecule has 3 aromatic rings. The highest BCUT2D eigenvalue weighted by Crippen LogP contribution is 2.37. The summed E-state index contributed by atoms with van der Waals surface area (Å²) in [7, 11) is 5.15. The lowest BCUT2D eigenvalue weighted by Gasteiger charge is -2.25. The Hall–Kier alpha value is -3.18. The van der Waals surface area contributed by atoms with Crippen LogP contribution in [-0.2, 0) is 18.4 Å². The number of methoxy groups -OCH3 is 3. The predicted molar refractivity (Wildman–Crippen MR) is 182 cm³/mol. The van der Waals surface area contributed by atoms with Crippen LogP contribution in [0.2, 0.25) is 0 Å². The molecule has 1 aliphatic rings. The lowest BCUT2D eigenvalue weighted by Crippen LogP contribution is -3.00. The summed E-state index contributed by atoms with van der Waals surface area (Å²) in [6.07, 6.45) is 8.33. The van der Waals surface area contributed by atoms with E-state index in [1.807, 2.05) is 6.07 Å². The number of hydrogen-bond acceptors (Lipinski definition) is 4. The van der Waals surface area contributed by atoms with Crippen molar-refractivity contribution in [2.45, 2.75) is 97.4 Å². The third-order valence-electron chi connectivity index (χ3n) is 8.95. The summed E-state index contributed by atoms with van der Waals surface area (Å²) in [6.45, 7) is 13.7. The standard InChI is InChI=1S/C39H54NO4.ClH/c1-9-10-11-12-13-14-24-44-38-31(16-15-17-34(38)41-6)27-40-23-22-30-25-35(42-7)36(43-8)26-33(30)37(40)28(2)29-18-20-32(21-19-29)39(3,4)5;/h15-21,25-26,28H,9-14,22-24,27H2,1-8H3;1H/q+1;/p-1. The van der Waals surface area contributed by atoms with E-state index in [0.717, 1.165) is 54.5 Å². The van der Waals surface area contributed by atoms with Crippen LogP contribution in [0.4, 0.5) is 0 Å². The van der Waals surface area contributed by atoms with E-state index in [2.05, 4.69) is 87.7 Å². The maximum atomic E-state index is 6.47. The Bertz CT molecular complexity index is 1410. The summed E-state index contributed by atoms with van der Waals surface area (Å²) < 4.78 is 26.3. The number of fused-ring (bicyclic) bond motifs is 1. The fourth-order valence-corrected chi connectivity index (χ4v) is 6.29. The molecule has 0 N–H and O–H groups in total. The molecule has 3 aromatic carbocycles. The van der Waals surface area contributed by atoms with Gasteiger partial charge in [0.2, 0.25) is 0 Å². The molecule has 4 rings (SSSR count). The molecule has 0 aromatic heterocycles. The van der Waals surface area contributed by atoms with Gasteiger partial charge < -0.3 is 31.4 Å². The van der Waals surface area contributed by atoms with Gasteiger partial charge in [-0.05, 0) is 59.7 Å². The summed E-state index contributed by atoms with van der Waals surface area (Å²) in [5, 5.41) is 0. The first kappa shape index (κ1) is 36.3. The molecule has 1 aliphatic heterocycles. The van der Waals surface area contributed by atoms with E-state index >= 15 is 0 Å². The zero-order chi connectivity index (χ0) is 31.7. The number of unbranched alkanes of at least 4 members (excludes halogenated alkanes) is 5. The monoisotopic (exact) mass is 635 g/mol. The molecule has 1 atom stereocenters. The van der Waals surface area contributed by atoms with Crippen molar-refractivity contribution in [3.63, 3.8) is 0 Å². The van der Waals surface area contributed by atoms with Gasteiger partial charge in [-0.3, -0.25) is 0 Å². The minimum Gasteiger partial charge on any atom is -1.00 e. The van der Waals surface area contributed by atoms with Crippen LogP contribution in [-0.4, -0.2) is 44.8 Å².